The Bertz CT molecular complexity index is 487. The molecule has 0 aromatic heterocycles. The molecule has 1 unspecified atom stereocenters. The van der Waals surface area contributed by atoms with Crippen molar-refractivity contribution in [1.29, 1.82) is 0 Å². The number of piperidine rings is 1. The fraction of sp³-hybridized carbons (Fsp3) is 0.588. The van der Waals surface area contributed by atoms with Crippen molar-refractivity contribution in [3.63, 3.8) is 0 Å². The van der Waals surface area contributed by atoms with Gasteiger partial charge in [0, 0.05) is 13.1 Å². The van der Waals surface area contributed by atoms with E-state index < -0.39 is 11.9 Å². The Balaban J connectivity index is 1.83. The highest BCUT2D eigenvalue weighted by molar-refractivity contribution is 5.81. The SMILES string of the molecule is CNCCC1CCN(C(=O)C(C)Oc2ccccc2F)CC1. The lowest BCUT2D eigenvalue weighted by Gasteiger charge is -2.33. The number of para-hydroxylation sites is 1. The van der Waals surface area contributed by atoms with Crippen LogP contribution in [0.3, 0.4) is 0 Å². The number of amides is 1. The van der Waals surface area contributed by atoms with E-state index >= 15 is 0 Å². The largest absolute Gasteiger partial charge is 0.478 e. The van der Waals surface area contributed by atoms with Crippen LogP contribution in [-0.4, -0.2) is 43.6 Å². The summed E-state index contributed by atoms with van der Waals surface area (Å²) in [5.41, 5.74) is 0. The summed E-state index contributed by atoms with van der Waals surface area (Å²) in [5, 5.41) is 3.16. The predicted molar refractivity (Wildman–Crippen MR) is 84.3 cm³/mol. The average Bonchev–Trinajstić information content (AvgIpc) is 2.55. The van der Waals surface area contributed by atoms with Gasteiger partial charge in [-0.3, -0.25) is 4.79 Å². The van der Waals surface area contributed by atoms with Gasteiger partial charge in [0.05, 0.1) is 0 Å². The van der Waals surface area contributed by atoms with Gasteiger partial charge in [-0.25, -0.2) is 4.39 Å². The zero-order chi connectivity index (χ0) is 15.9. The molecule has 1 aromatic rings. The summed E-state index contributed by atoms with van der Waals surface area (Å²) in [4.78, 5) is 14.2. The van der Waals surface area contributed by atoms with Crippen LogP contribution in [0.5, 0.6) is 5.75 Å². The molecule has 2 rings (SSSR count). The molecule has 0 spiro atoms. The molecule has 1 fully saturated rings. The van der Waals surface area contributed by atoms with Crippen LogP contribution in [0.1, 0.15) is 26.2 Å². The second-order valence-corrected chi connectivity index (χ2v) is 5.85. The van der Waals surface area contributed by atoms with E-state index in [0.717, 1.165) is 38.9 Å². The number of hydrogen-bond donors (Lipinski definition) is 1. The van der Waals surface area contributed by atoms with E-state index in [1.807, 2.05) is 11.9 Å². The molecule has 0 aliphatic carbocycles. The van der Waals surface area contributed by atoms with Gasteiger partial charge >= 0.3 is 0 Å². The van der Waals surface area contributed by atoms with Crippen LogP contribution in [0.4, 0.5) is 4.39 Å². The quantitative estimate of drug-likeness (QED) is 0.877. The number of halogens is 1. The first-order valence-corrected chi connectivity index (χ1v) is 7.96. The number of likely N-dealkylation sites (tertiary alicyclic amines) is 1. The second-order valence-electron chi connectivity index (χ2n) is 5.85. The van der Waals surface area contributed by atoms with E-state index in [4.69, 9.17) is 4.74 Å². The molecule has 1 heterocycles. The number of rotatable bonds is 6. The predicted octanol–water partition coefficient (Wildman–Crippen LogP) is 2.44. The molecular weight excluding hydrogens is 283 g/mol. The van der Waals surface area contributed by atoms with Gasteiger partial charge in [-0.2, -0.15) is 0 Å². The summed E-state index contributed by atoms with van der Waals surface area (Å²) < 4.78 is 19.0. The van der Waals surface area contributed by atoms with Gasteiger partial charge in [-0.05, 0) is 57.8 Å². The fourth-order valence-corrected chi connectivity index (χ4v) is 2.83. The number of carbonyl (C=O) groups is 1. The Kier molecular flexibility index (Phi) is 6.19. The van der Waals surface area contributed by atoms with E-state index in [1.54, 1.807) is 25.1 Å². The van der Waals surface area contributed by atoms with Crippen LogP contribution in [-0.2, 0) is 4.79 Å². The van der Waals surface area contributed by atoms with Crippen LogP contribution in [0.15, 0.2) is 24.3 Å². The van der Waals surface area contributed by atoms with Crippen LogP contribution >= 0.6 is 0 Å². The summed E-state index contributed by atoms with van der Waals surface area (Å²) >= 11 is 0. The molecule has 122 valence electrons. The molecule has 1 aromatic carbocycles. The lowest BCUT2D eigenvalue weighted by Crippen LogP contribution is -2.45. The molecule has 1 atom stereocenters. The Labute approximate surface area is 131 Å². The van der Waals surface area contributed by atoms with Crippen LogP contribution in [0.25, 0.3) is 0 Å². The average molecular weight is 308 g/mol. The minimum absolute atomic E-state index is 0.0599. The first kappa shape index (κ1) is 16.7. The molecule has 0 saturated carbocycles. The number of nitrogens with zero attached hydrogens (tertiary/aromatic N) is 1. The Morgan fingerprint density at radius 1 is 1.41 bits per heavy atom. The van der Waals surface area contributed by atoms with Crippen molar-refractivity contribution < 1.29 is 13.9 Å². The number of ether oxygens (including phenoxy) is 1. The van der Waals surface area contributed by atoms with Crippen molar-refractivity contribution in [2.75, 3.05) is 26.7 Å². The molecule has 0 bridgehead atoms. The molecule has 22 heavy (non-hydrogen) atoms. The van der Waals surface area contributed by atoms with Gasteiger partial charge in [0.1, 0.15) is 0 Å². The van der Waals surface area contributed by atoms with Crippen molar-refractivity contribution in [1.82, 2.24) is 10.2 Å². The van der Waals surface area contributed by atoms with Gasteiger partial charge in [0.15, 0.2) is 17.7 Å². The Morgan fingerprint density at radius 3 is 2.73 bits per heavy atom. The smallest absolute Gasteiger partial charge is 0.263 e. The first-order chi connectivity index (χ1) is 10.6. The Morgan fingerprint density at radius 2 is 2.09 bits per heavy atom. The van der Waals surface area contributed by atoms with Crippen LogP contribution in [0.2, 0.25) is 0 Å². The van der Waals surface area contributed by atoms with E-state index in [1.165, 1.54) is 6.07 Å². The standard InChI is InChI=1S/C17H25FN2O2/c1-13(22-16-6-4-3-5-15(16)18)17(21)20-11-8-14(9-12-20)7-10-19-2/h3-6,13-14,19H,7-12H2,1-2H3. The van der Waals surface area contributed by atoms with E-state index in [2.05, 4.69) is 5.32 Å². The second kappa shape index (κ2) is 8.13. The normalized spacial score (nSPS) is 17.3. The van der Waals surface area contributed by atoms with Crippen molar-refractivity contribution in [3.8, 4) is 5.75 Å². The lowest BCUT2D eigenvalue weighted by molar-refractivity contribution is -0.139. The summed E-state index contributed by atoms with van der Waals surface area (Å²) in [6.45, 7) is 4.23. The molecule has 1 aliphatic heterocycles. The summed E-state index contributed by atoms with van der Waals surface area (Å²) in [6.07, 6.45) is 2.55. The van der Waals surface area contributed by atoms with E-state index in [9.17, 15) is 9.18 Å². The molecule has 4 nitrogen and oxygen atoms in total. The van der Waals surface area contributed by atoms with Crippen molar-refractivity contribution in [2.24, 2.45) is 5.92 Å². The molecule has 1 saturated heterocycles. The zero-order valence-corrected chi connectivity index (χ0v) is 13.3. The Hall–Kier alpha value is -1.62. The highest BCUT2D eigenvalue weighted by Crippen LogP contribution is 2.22. The number of nitrogens with one attached hydrogen (secondary N) is 1. The van der Waals surface area contributed by atoms with E-state index in [0.29, 0.717) is 5.92 Å². The number of benzene rings is 1. The number of carbonyl (C=O) groups excluding carboxylic acids is 1. The molecule has 5 heteroatoms. The minimum Gasteiger partial charge on any atom is -0.478 e. The highest BCUT2D eigenvalue weighted by Gasteiger charge is 2.27. The van der Waals surface area contributed by atoms with Gasteiger partial charge in [-0.1, -0.05) is 12.1 Å². The molecule has 0 radical (unpaired) electrons. The molecule has 1 amide bonds. The molecule has 1 N–H and O–H groups in total. The maximum Gasteiger partial charge on any atom is 0.263 e. The summed E-state index contributed by atoms with van der Waals surface area (Å²) in [6, 6.07) is 6.18. The van der Waals surface area contributed by atoms with Crippen LogP contribution in [0, 0.1) is 11.7 Å². The topological polar surface area (TPSA) is 41.6 Å². The van der Waals surface area contributed by atoms with E-state index in [-0.39, 0.29) is 11.7 Å². The molecule has 1 aliphatic rings. The minimum atomic E-state index is -0.661. The van der Waals surface area contributed by atoms with Gasteiger partial charge < -0.3 is 15.0 Å². The van der Waals surface area contributed by atoms with Gasteiger partial charge in [0.2, 0.25) is 0 Å². The lowest BCUT2D eigenvalue weighted by atomic mass is 9.93. The third kappa shape index (κ3) is 4.44. The third-order valence-corrected chi connectivity index (χ3v) is 4.22. The van der Waals surface area contributed by atoms with Gasteiger partial charge in [-0.15, -0.1) is 0 Å². The van der Waals surface area contributed by atoms with Crippen molar-refractivity contribution in [2.45, 2.75) is 32.3 Å². The van der Waals surface area contributed by atoms with Crippen LogP contribution < -0.4 is 10.1 Å². The van der Waals surface area contributed by atoms with Crippen molar-refractivity contribution in [3.05, 3.63) is 30.1 Å². The third-order valence-electron chi connectivity index (χ3n) is 4.22. The monoisotopic (exact) mass is 308 g/mol. The maximum atomic E-state index is 13.6. The zero-order valence-electron chi connectivity index (χ0n) is 13.3. The van der Waals surface area contributed by atoms with Crippen molar-refractivity contribution >= 4 is 5.91 Å². The summed E-state index contributed by atoms with van der Waals surface area (Å²) in [5.74, 6) is 0.315. The molecular formula is C17H25FN2O2. The summed E-state index contributed by atoms with van der Waals surface area (Å²) in [7, 11) is 1.96. The fourth-order valence-electron chi connectivity index (χ4n) is 2.83. The highest BCUT2D eigenvalue weighted by atomic mass is 19.1. The number of hydrogen-bond acceptors (Lipinski definition) is 3. The van der Waals surface area contributed by atoms with Gasteiger partial charge in [0.25, 0.3) is 5.91 Å². The maximum absolute atomic E-state index is 13.6. The first-order valence-electron chi connectivity index (χ1n) is 7.96.